The van der Waals surface area contributed by atoms with Gasteiger partial charge in [0.05, 0.1) is 0 Å². The summed E-state index contributed by atoms with van der Waals surface area (Å²) in [6.07, 6.45) is 0. The third-order valence-electron chi connectivity index (χ3n) is 2.62. The Morgan fingerprint density at radius 3 is 2.71 bits per heavy atom. The monoisotopic (exact) mass is 239 g/mol. The van der Waals surface area contributed by atoms with Gasteiger partial charge in [0.25, 0.3) is 0 Å². The average Bonchev–Trinajstić information content (AvgIpc) is 2.62. The summed E-state index contributed by atoms with van der Waals surface area (Å²) in [7, 11) is 0. The van der Waals surface area contributed by atoms with E-state index in [4.69, 9.17) is 10.2 Å². The van der Waals surface area contributed by atoms with Gasteiger partial charge in [0.1, 0.15) is 22.7 Å². The molecule has 0 aliphatic carbocycles. The summed E-state index contributed by atoms with van der Waals surface area (Å²) in [5.74, 6) is -1.21. The first-order valence-corrected chi connectivity index (χ1v) is 4.99. The van der Waals surface area contributed by atoms with E-state index in [1.54, 1.807) is 0 Å². The molecule has 0 aromatic heterocycles. The predicted molar refractivity (Wildman–Crippen MR) is 59.4 cm³/mol. The number of carboxylic acids is 1. The highest BCUT2D eigenvalue weighted by molar-refractivity contribution is 5.80. The minimum Gasteiger partial charge on any atom is -0.508 e. The zero-order chi connectivity index (χ0) is 12.6. The van der Waals surface area contributed by atoms with Crippen LogP contribution in [-0.4, -0.2) is 33.4 Å². The Balaban J connectivity index is 2.24. The number of hydrazine groups is 2. The van der Waals surface area contributed by atoms with Crippen LogP contribution in [0.25, 0.3) is 0 Å². The van der Waals surface area contributed by atoms with Crippen LogP contribution >= 0.6 is 0 Å². The quantitative estimate of drug-likeness (QED) is 0.485. The van der Waals surface area contributed by atoms with E-state index in [9.17, 15) is 9.90 Å². The number of rotatable bonds is 2. The number of phenolic OH excluding ortho intramolecular Hbond substituents is 2. The average molecular weight is 239 g/mol. The number of nitrogens with zero attached hydrogens (tertiary/aromatic N) is 1. The molecule has 1 heterocycles. The molecule has 1 aliphatic rings. The highest BCUT2D eigenvalue weighted by Crippen LogP contribution is 2.30. The molecule has 0 bridgehead atoms. The molecule has 0 amide bonds. The molecule has 1 aliphatic heterocycles. The van der Waals surface area contributed by atoms with Crippen LogP contribution in [0.4, 0.5) is 5.69 Å². The number of phenols is 2. The van der Waals surface area contributed by atoms with Crippen LogP contribution in [0.3, 0.4) is 0 Å². The van der Waals surface area contributed by atoms with Crippen molar-refractivity contribution in [1.82, 2.24) is 10.9 Å². The lowest BCUT2D eigenvalue weighted by Gasteiger charge is -2.22. The van der Waals surface area contributed by atoms with E-state index in [1.807, 2.05) is 0 Å². The summed E-state index contributed by atoms with van der Waals surface area (Å²) < 4.78 is 0. The maximum Gasteiger partial charge on any atom is 0.326 e. The second kappa shape index (κ2) is 3.79. The van der Waals surface area contributed by atoms with Crippen molar-refractivity contribution in [3.05, 3.63) is 18.2 Å². The van der Waals surface area contributed by atoms with E-state index < -0.39 is 11.5 Å². The van der Waals surface area contributed by atoms with Gasteiger partial charge in [-0.05, 0) is 19.1 Å². The zero-order valence-electron chi connectivity index (χ0n) is 9.14. The van der Waals surface area contributed by atoms with E-state index >= 15 is 0 Å². The number of benzene rings is 1. The Hall–Kier alpha value is -1.99. The maximum atomic E-state index is 11.0. The lowest BCUT2D eigenvalue weighted by Crippen LogP contribution is -2.51. The fourth-order valence-electron chi connectivity index (χ4n) is 1.53. The van der Waals surface area contributed by atoms with Crippen LogP contribution in [-0.2, 0) is 4.79 Å². The first-order chi connectivity index (χ1) is 7.92. The molecule has 2 rings (SSSR count). The number of carboxylic acid groups (broad SMARTS) is 1. The van der Waals surface area contributed by atoms with Crippen molar-refractivity contribution in [2.24, 2.45) is 0 Å². The Bertz CT molecular complexity index is 465. The Morgan fingerprint density at radius 2 is 2.18 bits per heavy atom. The first-order valence-electron chi connectivity index (χ1n) is 4.99. The predicted octanol–water partition coefficient (Wildman–Crippen LogP) is -0.230. The van der Waals surface area contributed by atoms with Crippen molar-refractivity contribution in [3.8, 4) is 11.5 Å². The second-order valence-electron chi connectivity index (χ2n) is 4.09. The minimum atomic E-state index is -1.13. The van der Waals surface area contributed by atoms with Crippen molar-refractivity contribution in [2.45, 2.75) is 12.5 Å². The summed E-state index contributed by atoms with van der Waals surface area (Å²) >= 11 is 0. The lowest BCUT2D eigenvalue weighted by molar-refractivity contribution is -0.142. The fourth-order valence-corrected chi connectivity index (χ4v) is 1.53. The molecule has 1 aromatic rings. The molecule has 92 valence electrons. The molecule has 17 heavy (non-hydrogen) atoms. The molecule has 1 saturated heterocycles. The summed E-state index contributed by atoms with van der Waals surface area (Å²) in [6, 6.07) is 4.04. The molecular formula is C10H13N3O4. The van der Waals surface area contributed by atoms with Crippen LogP contribution in [0.1, 0.15) is 6.92 Å². The molecule has 1 atom stereocenters. The topological polar surface area (TPSA) is 105 Å². The van der Waals surface area contributed by atoms with Gasteiger partial charge < -0.3 is 15.3 Å². The normalized spacial score (nSPS) is 23.9. The third-order valence-corrected chi connectivity index (χ3v) is 2.62. The number of aliphatic carboxylic acids is 1. The van der Waals surface area contributed by atoms with Crippen molar-refractivity contribution in [3.63, 3.8) is 0 Å². The van der Waals surface area contributed by atoms with Crippen LogP contribution in [0.5, 0.6) is 11.5 Å². The SMILES string of the molecule is C[C@@]1(C(=O)O)CNN(c2ccc(O)cc2O)N1. The molecule has 0 radical (unpaired) electrons. The van der Waals surface area contributed by atoms with E-state index in [2.05, 4.69) is 10.9 Å². The number of hydrogen-bond donors (Lipinski definition) is 5. The smallest absolute Gasteiger partial charge is 0.326 e. The minimum absolute atomic E-state index is 0.0635. The molecule has 0 unspecified atom stereocenters. The number of hydrogen-bond acceptors (Lipinski definition) is 6. The van der Waals surface area contributed by atoms with Crippen molar-refractivity contribution in [1.29, 1.82) is 0 Å². The van der Waals surface area contributed by atoms with Crippen LogP contribution in [0.2, 0.25) is 0 Å². The summed E-state index contributed by atoms with van der Waals surface area (Å²) in [4.78, 5) is 11.0. The summed E-state index contributed by atoms with van der Waals surface area (Å²) in [5.41, 5.74) is 4.74. The molecule has 0 spiro atoms. The van der Waals surface area contributed by atoms with Crippen LogP contribution in [0, 0.1) is 0 Å². The third kappa shape index (κ3) is 1.97. The van der Waals surface area contributed by atoms with E-state index in [1.165, 1.54) is 30.2 Å². The van der Waals surface area contributed by atoms with Gasteiger partial charge in [-0.15, -0.1) is 0 Å². The highest BCUT2D eigenvalue weighted by atomic mass is 16.4. The molecule has 7 nitrogen and oxygen atoms in total. The van der Waals surface area contributed by atoms with Gasteiger partial charge in [-0.3, -0.25) is 4.79 Å². The Labute approximate surface area is 97.2 Å². The standard InChI is InChI=1S/C10H13N3O4/c1-10(9(16)17)5-11-13(12-10)7-3-2-6(14)4-8(7)15/h2-4,11-12,14-15H,5H2,1H3,(H,16,17)/t10-/m0/s1. The lowest BCUT2D eigenvalue weighted by atomic mass is 10.1. The Kier molecular flexibility index (Phi) is 2.56. The van der Waals surface area contributed by atoms with Crippen molar-refractivity contribution >= 4 is 11.7 Å². The van der Waals surface area contributed by atoms with Gasteiger partial charge in [0.2, 0.25) is 0 Å². The fraction of sp³-hybridized carbons (Fsp3) is 0.300. The van der Waals surface area contributed by atoms with Gasteiger partial charge in [-0.1, -0.05) is 0 Å². The van der Waals surface area contributed by atoms with Gasteiger partial charge in [0, 0.05) is 12.6 Å². The van der Waals surface area contributed by atoms with Crippen molar-refractivity contribution < 1.29 is 20.1 Å². The number of anilines is 1. The van der Waals surface area contributed by atoms with E-state index in [-0.39, 0.29) is 18.0 Å². The molecule has 0 saturated carbocycles. The summed E-state index contributed by atoms with van der Waals surface area (Å²) in [6.45, 7) is 1.71. The van der Waals surface area contributed by atoms with Gasteiger partial charge in [0.15, 0.2) is 0 Å². The second-order valence-corrected chi connectivity index (χ2v) is 4.09. The van der Waals surface area contributed by atoms with Gasteiger partial charge in [-0.2, -0.15) is 0 Å². The molecule has 5 N–H and O–H groups in total. The van der Waals surface area contributed by atoms with Crippen LogP contribution in [0.15, 0.2) is 18.2 Å². The van der Waals surface area contributed by atoms with Crippen LogP contribution < -0.4 is 16.0 Å². The largest absolute Gasteiger partial charge is 0.508 e. The zero-order valence-corrected chi connectivity index (χ0v) is 9.14. The number of nitrogens with one attached hydrogen (secondary N) is 2. The van der Waals surface area contributed by atoms with E-state index in [0.29, 0.717) is 5.69 Å². The van der Waals surface area contributed by atoms with Gasteiger partial charge >= 0.3 is 5.97 Å². The highest BCUT2D eigenvalue weighted by Gasteiger charge is 2.40. The summed E-state index contributed by atoms with van der Waals surface area (Å²) in [5, 5.41) is 29.1. The molecule has 7 heteroatoms. The molecular weight excluding hydrogens is 226 g/mol. The molecule has 1 aromatic carbocycles. The Morgan fingerprint density at radius 1 is 1.47 bits per heavy atom. The van der Waals surface area contributed by atoms with Gasteiger partial charge in [-0.25, -0.2) is 16.0 Å². The van der Waals surface area contributed by atoms with Crippen molar-refractivity contribution in [2.75, 3.05) is 11.7 Å². The maximum absolute atomic E-state index is 11.0. The molecule has 1 fully saturated rings. The first kappa shape index (κ1) is 11.5. The van der Waals surface area contributed by atoms with E-state index in [0.717, 1.165) is 0 Å². The number of aromatic hydroxyl groups is 2. The number of carbonyl (C=O) groups is 1.